The number of morpholine rings is 1. The molecule has 0 aromatic heterocycles. The number of hydrogen-bond donors (Lipinski definition) is 2. The first-order valence-corrected chi connectivity index (χ1v) is 11.6. The molecule has 7 nitrogen and oxygen atoms in total. The van der Waals surface area contributed by atoms with Gasteiger partial charge in [-0.3, -0.25) is 14.5 Å². The minimum Gasteiger partial charge on any atom is -0.379 e. The van der Waals surface area contributed by atoms with Gasteiger partial charge in [0, 0.05) is 44.6 Å². The summed E-state index contributed by atoms with van der Waals surface area (Å²) < 4.78 is 44.3. The Labute approximate surface area is 202 Å². The quantitative estimate of drug-likeness (QED) is 0.630. The van der Waals surface area contributed by atoms with Gasteiger partial charge < -0.3 is 20.3 Å². The molecule has 2 aromatic rings. The molecule has 0 spiro atoms. The maximum absolute atomic E-state index is 12.9. The lowest BCUT2D eigenvalue weighted by molar-refractivity contribution is -0.137. The number of benzene rings is 2. The second kappa shape index (κ2) is 10.7. The summed E-state index contributed by atoms with van der Waals surface area (Å²) in [6.07, 6.45) is -2.49. The van der Waals surface area contributed by atoms with Gasteiger partial charge in [-0.2, -0.15) is 13.2 Å². The monoisotopic (exact) mass is 490 g/mol. The SMILES string of the molecule is CN1CCCc2cc([C@H](CNC(=O)C(=O)Nc3cccc(C(F)(F)F)c3)N3CCOCC3)ccc21. The first-order valence-electron chi connectivity index (χ1n) is 11.6. The molecule has 2 N–H and O–H groups in total. The average Bonchev–Trinajstić information content (AvgIpc) is 2.84. The van der Waals surface area contributed by atoms with E-state index in [0.717, 1.165) is 37.1 Å². The molecule has 2 aliphatic rings. The number of alkyl halides is 3. The molecule has 188 valence electrons. The lowest BCUT2D eigenvalue weighted by Crippen LogP contribution is -2.45. The minimum atomic E-state index is -4.54. The number of carbonyl (C=O) groups excluding carboxylic acids is 2. The van der Waals surface area contributed by atoms with Crippen molar-refractivity contribution in [1.29, 1.82) is 0 Å². The van der Waals surface area contributed by atoms with Crippen LogP contribution in [0.2, 0.25) is 0 Å². The Bertz CT molecular complexity index is 1070. The maximum atomic E-state index is 12.9. The highest BCUT2D eigenvalue weighted by atomic mass is 19.4. The Kier molecular flexibility index (Phi) is 7.61. The molecule has 0 saturated carbocycles. The first-order chi connectivity index (χ1) is 16.7. The first kappa shape index (κ1) is 25.0. The van der Waals surface area contributed by atoms with Crippen LogP contribution in [-0.4, -0.2) is 63.2 Å². The van der Waals surface area contributed by atoms with Crippen LogP contribution in [0.4, 0.5) is 24.5 Å². The van der Waals surface area contributed by atoms with E-state index in [1.165, 1.54) is 23.4 Å². The largest absolute Gasteiger partial charge is 0.416 e. The Morgan fingerprint density at radius 3 is 2.57 bits per heavy atom. The number of rotatable bonds is 5. The molecule has 0 radical (unpaired) electrons. The summed E-state index contributed by atoms with van der Waals surface area (Å²) in [6, 6.07) is 10.3. The van der Waals surface area contributed by atoms with Crippen molar-refractivity contribution in [2.75, 3.05) is 56.7 Å². The van der Waals surface area contributed by atoms with Crippen molar-refractivity contribution in [2.24, 2.45) is 0 Å². The number of carbonyl (C=O) groups is 2. The van der Waals surface area contributed by atoms with Crippen molar-refractivity contribution in [1.82, 2.24) is 10.2 Å². The van der Waals surface area contributed by atoms with Crippen molar-refractivity contribution < 1.29 is 27.5 Å². The Morgan fingerprint density at radius 1 is 1.06 bits per heavy atom. The summed E-state index contributed by atoms with van der Waals surface area (Å²) >= 11 is 0. The van der Waals surface area contributed by atoms with E-state index in [-0.39, 0.29) is 18.3 Å². The van der Waals surface area contributed by atoms with Gasteiger partial charge >= 0.3 is 18.0 Å². The molecule has 2 aromatic carbocycles. The number of ether oxygens (including phenoxy) is 1. The van der Waals surface area contributed by atoms with E-state index in [4.69, 9.17) is 4.74 Å². The summed E-state index contributed by atoms with van der Waals surface area (Å²) in [5, 5.41) is 4.92. The lowest BCUT2D eigenvalue weighted by Gasteiger charge is -2.36. The van der Waals surface area contributed by atoms with Crippen molar-refractivity contribution in [3.63, 3.8) is 0 Å². The van der Waals surface area contributed by atoms with E-state index in [1.807, 2.05) is 0 Å². The van der Waals surface area contributed by atoms with Crippen molar-refractivity contribution >= 4 is 23.2 Å². The Morgan fingerprint density at radius 2 is 1.83 bits per heavy atom. The smallest absolute Gasteiger partial charge is 0.379 e. The molecule has 2 amide bonds. The Balaban J connectivity index is 1.45. The fourth-order valence-electron chi connectivity index (χ4n) is 4.59. The van der Waals surface area contributed by atoms with Crippen LogP contribution in [0.3, 0.4) is 0 Å². The Hall–Kier alpha value is -3.11. The summed E-state index contributed by atoms with van der Waals surface area (Å²) in [6.45, 7) is 3.73. The highest BCUT2D eigenvalue weighted by Crippen LogP contribution is 2.32. The maximum Gasteiger partial charge on any atom is 0.416 e. The zero-order valence-electron chi connectivity index (χ0n) is 19.5. The third kappa shape index (κ3) is 6.12. The molecule has 2 heterocycles. The number of fused-ring (bicyclic) bond motifs is 1. The predicted octanol–water partition coefficient (Wildman–Crippen LogP) is 3.22. The van der Waals surface area contributed by atoms with E-state index < -0.39 is 23.6 Å². The van der Waals surface area contributed by atoms with Crippen LogP contribution in [0.15, 0.2) is 42.5 Å². The van der Waals surface area contributed by atoms with Crippen LogP contribution < -0.4 is 15.5 Å². The summed E-state index contributed by atoms with van der Waals surface area (Å²) in [5.41, 5.74) is 2.50. The van der Waals surface area contributed by atoms with Crippen LogP contribution in [0, 0.1) is 0 Å². The van der Waals surface area contributed by atoms with E-state index in [9.17, 15) is 22.8 Å². The topological polar surface area (TPSA) is 73.9 Å². The molecule has 1 saturated heterocycles. The molecule has 10 heteroatoms. The van der Waals surface area contributed by atoms with Gasteiger partial charge in [-0.15, -0.1) is 0 Å². The van der Waals surface area contributed by atoms with E-state index in [1.54, 1.807) is 0 Å². The highest BCUT2D eigenvalue weighted by molar-refractivity contribution is 6.39. The predicted molar refractivity (Wildman–Crippen MR) is 126 cm³/mol. The molecule has 0 unspecified atom stereocenters. The fourth-order valence-corrected chi connectivity index (χ4v) is 4.59. The summed E-state index contributed by atoms with van der Waals surface area (Å²) in [5.74, 6) is -1.92. The van der Waals surface area contributed by atoms with E-state index in [2.05, 4.69) is 45.7 Å². The zero-order chi connectivity index (χ0) is 25.0. The molecule has 4 rings (SSSR count). The van der Waals surface area contributed by atoms with Gasteiger partial charge in [0.25, 0.3) is 0 Å². The van der Waals surface area contributed by atoms with E-state index >= 15 is 0 Å². The normalized spacial score (nSPS) is 17.4. The molecule has 1 fully saturated rings. The standard InChI is InChI=1S/C25H29F3N4O3/c1-31-9-3-4-17-14-18(7-8-21(17)31)22(32-10-12-35-13-11-32)16-29-23(33)24(34)30-20-6-2-5-19(15-20)25(26,27)28/h2,5-8,14-15,22H,3-4,9-13,16H2,1H3,(H,29,33)(H,30,34)/t22-/m0/s1. The van der Waals surface area contributed by atoms with Crippen LogP contribution in [0.25, 0.3) is 0 Å². The lowest BCUT2D eigenvalue weighted by atomic mass is 9.95. The number of hydrogen-bond acceptors (Lipinski definition) is 5. The minimum absolute atomic E-state index is 0.0940. The highest BCUT2D eigenvalue weighted by Gasteiger charge is 2.31. The molecule has 1 atom stereocenters. The third-order valence-electron chi connectivity index (χ3n) is 6.44. The molecule has 0 aliphatic carbocycles. The van der Waals surface area contributed by atoms with Crippen LogP contribution in [-0.2, 0) is 26.9 Å². The van der Waals surface area contributed by atoms with Gasteiger partial charge in [0.15, 0.2) is 0 Å². The van der Waals surface area contributed by atoms with Crippen molar-refractivity contribution in [3.8, 4) is 0 Å². The average molecular weight is 491 g/mol. The van der Waals surface area contributed by atoms with E-state index in [0.29, 0.717) is 26.3 Å². The van der Waals surface area contributed by atoms with Crippen LogP contribution >= 0.6 is 0 Å². The third-order valence-corrected chi connectivity index (χ3v) is 6.44. The van der Waals surface area contributed by atoms with Gasteiger partial charge in [0.05, 0.1) is 24.8 Å². The molecule has 2 aliphatic heterocycles. The van der Waals surface area contributed by atoms with Crippen molar-refractivity contribution in [2.45, 2.75) is 25.1 Å². The second-order valence-corrected chi connectivity index (χ2v) is 8.82. The van der Waals surface area contributed by atoms with Gasteiger partial charge in [-0.25, -0.2) is 0 Å². The molecule has 0 bridgehead atoms. The number of anilines is 2. The fraction of sp³-hybridized carbons (Fsp3) is 0.440. The summed E-state index contributed by atoms with van der Waals surface area (Å²) in [4.78, 5) is 29.4. The van der Waals surface area contributed by atoms with Crippen molar-refractivity contribution in [3.05, 3.63) is 59.2 Å². The molecular weight excluding hydrogens is 461 g/mol. The zero-order valence-corrected chi connectivity index (χ0v) is 19.5. The van der Waals surface area contributed by atoms with Crippen LogP contribution in [0.5, 0.6) is 0 Å². The van der Waals surface area contributed by atoms with Gasteiger partial charge in [-0.1, -0.05) is 18.2 Å². The number of nitrogens with one attached hydrogen (secondary N) is 2. The number of nitrogens with zero attached hydrogens (tertiary/aromatic N) is 2. The summed E-state index contributed by atoms with van der Waals surface area (Å²) in [7, 11) is 2.07. The number of halogens is 3. The molecular formula is C25H29F3N4O3. The number of amides is 2. The number of aryl methyl sites for hydroxylation is 1. The van der Waals surface area contributed by atoms with Gasteiger partial charge in [0.2, 0.25) is 0 Å². The van der Waals surface area contributed by atoms with Gasteiger partial charge in [0.1, 0.15) is 0 Å². The second-order valence-electron chi connectivity index (χ2n) is 8.82. The van der Waals surface area contributed by atoms with Crippen LogP contribution in [0.1, 0.15) is 29.2 Å². The van der Waals surface area contributed by atoms with Gasteiger partial charge in [-0.05, 0) is 48.2 Å². The molecule has 35 heavy (non-hydrogen) atoms.